The van der Waals surface area contributed by atoms with Crippen molar-refractivity contribution in [1.82, 2.24) is 15.1 Å². The third-order valence-electron chi connectivity index (χ3n) is 4.46. The molecule has 2 heterocycles. The number of benzene rings is 1. The van der Waals surface area contributed by atoms with Crippen molar-refractivity contribution in [1.29, 1.82) is 0 Å². The summed E-state index contributed by atoms with van der Waals surface area (Å²) in [7, 11) is 0. The van der Waals surface area contributed by atoms with Crippen molar-refractivity contribution in [2.24, 2.45) is 0 Å². The minimum atomic E-state index is -0.143. The SMILES string of the molecule is O=C(CN1CCN(Cc2ccccc2F)CC1)NCCc1cccs1. The highest BCUT2D eigenvalue weighted by molar-refractivity contribution is 7.09. The van der Waals surface area contributed by atoms with Gasteiger partial charge in [0.2, 0.25) is 5.91 Å². The van der Waals surface area contributed by atoms with E-state index >= 15 is 0 Å². The van der Waals surface area contributed by atoms with Gasteiger partial charge in [0.1, 0.15) is 5.82 Å². The molecule has 1 aliphatic heterocycles. The standard InChI is InChI=1S/C19H24FN3OS/c20-18-6-2-1-4-16(18)14-22-9-11-23(12-10-22)15-19(24)21-8-7-17-5-3-13-25-17/h1-6,13H,7-12,14-15H2,(H,21,24). The monoisotopic (exact) mass is 361 g/mol. The molecule has 0 bridgehead atoms. The number of halogens is 1. The summed E-state index contributed by atoms with van der Waals surface area (Å²) in [5, 5.41) is 5.04. The number of rotatable bonds is 7. The Bertz CT molecular complexity index is 669. The van der Waals surface area contributed by atoms with Gasteiger partial charge in [0, 0.05) is 49.7 Å². The molecule has 1 N–H and O–H groups in total. The molecule has 0 saturated carbocycles. The molecule has 2 aromatic rings. The number of hydrogen-bond donors (Lipinski definition) is 1. The fourth-order valence-corrected chi connectivity index (χ4v) is 3.72. The molecule has 0 atom stereocenters. The van der Waals surface area contributed by atoms with Crippen LogP contribution >= 0.6 is 11.3 Å². The van der Waals surface area contributed by atoms with Gasteiger partial charge in [-0.3, -0.25) is 14.6 Å². The molecule has 1 aliphatic rings. The lowest BCUT2D eigenvalue weighted by molar-refractivity contribution is -0.122. The Morgan fingerprint density at radius 2 is 1.84 bits per heavy atom. The van der Waals surface area contributed by atoms with E-state index in [-0.39, 0.29) is 11.7 Å². The van der Waals surface area contributed by atoms with Crippen molar-refractivity contribution >= 4 is 17.2 Å². The Kier molecular flexibility index (Phi) is 6.55. The first kappa shape index (κ1) is 18.0. The number of nitrogens with zero attached hydrogens (tertiary/aromatic N) is 2. The van der Waals surface area contributed by atoms with Crippen LogP contribution in [0.1, 0.15) is 10.4 Å². The molecule has 6 heteroatoms. The number of hydrogen-bond acceptors (Lipinski definition) is 4. The van der Waals surface area contributed by atoms with Gasteiger partial charge in [0.15, 0.2) is 0 Å². The molecule has 1 saturated heterocycles. The zero-order chi connectivity index (χ0) is 17.5. The topological polar surface area (TPSA) is 35.6 Å². The minimum absolute atomic E-state index is 0.0825. The average molecular weight is 361 g/mol. The number of carbonyl (C=O) groups excluding carboxylic acids is 1. The van der Waals surface area contributed by atoms with E-state index in [9.17, 15) is 9.18 Å². The summed E-state index contributed by atoms with van der Waals surface area (Å²) in [5.41, 5.74) is 0.738. The van der Waals surface area contributed by atoms with Gasteiger partial charge in [-0.25, -0.2) is 4.39 Å². The Morgan fingerprint density at radius 1 is 1.08 bits per heavy atom. The van der Waals surface area contributed by atoms with E-state index in [0.29, 0.717) is 19.6 Å². The number of thiophene rings is 1. The Hall–Kier alpha value is -1.76. The fraction of sp³-hybridized carbons (Fsp3) is 0.421. The van der Waals surface area contributed by atoms with Crippen LogP contribution in [0.4, 0.5) is 4.39 Å². The summed E-state index contributed by atoms with van der Waals surface area (Å²) in [6, 6.07) is 11.0. The highest BCUT2D eigenvalue weighted by atomic mass is 32.1. The highest BCUT2D eigenvalue weighted by Crippen LogP contribution is 2.12. The minimum Gasteiger partial charge on any atom is -0.355 e. The van der Waals surface area contributed by atoms with Crippen LogP contribution in [-0.2, 0) is 17.8 Å². The quantitative estimate of drug-likeness (QED) is 0.822. The van der Waals surface area contributed by atoms with E-state index in [1.165, 1.54) is 10.9 Å². The molecule has 25 heavy (non-hydrogen) atoms. The van der Waals surface area contributed by atoms with Gasteiger partial charge in [-0.1, -0.05) is 24.3 Å². The molecular weight excluding hydrogens is 337 g/mol. The van der Waals surface area contributed by atoms with Crippen LogP contribution in [0.3, 0.4) is 0 Å². The fourth-order valence-electron chi connectivity index (χ4n) is 3.01. The van der Waals surface area contributed by atoms with Gasteiger partial charge in [0.05, 0.1) is 6.54 Å². The molecule has 1 aromatic heterocycles. The molecule has 1 fully saturated rings. The summed E-state index contributed by atoms with van der Waals surface area (Å²) in [5.74, 6) is -0.0610. The third kappa shape index (κ3) is 5.63. The van der Waals surface area contributed by atoms with Crippen molar-refractivity contribution in [2.45, 2.75) is 13.0 Å². The van der Waals surface area contributed by atoms with Gasteiger partial charge >= 0.3 is 0 Å². The lowest BCUT2D eigenvalue weighted by Crippen LogP contribution is -2.49. The normalized spacial score (nSPS) is 16.0. The van der Waals surface area contributed by atoms with E-state index < -0.39 is 0 Å². The molecule has 134 valence electrons. The summed E-state index contributed by atoms with van der Waals surface area (Å²) >= 11 is 1.72. The largest absolute Gasteiger partial charge is 0.355 e. The second-order valence-corrected chi connectivity index (χ2v) is 7.36. The zero-order valence-corrected chi connectivity index (χ0v) is 15.1. The predicted octanol–water partition coefficient (Wildman–Crippen LogP) is 2.36. The molecule has 0 aliphatic carbocycles. The summed E-state index contributed by atoms with van der Waals surface area (Å²) in [6.07, 6.45) is 0.889. The lowest BCUT2D eigenvalue weighted by Gasteiger charge is -2.34. The molecule has 0 radical (unpaired) electrons. The van der Waals surface area contributed by atoms with Crippen LogP contribution in [0, 0.1) is 5.82 Å². The first-order valence-corrected chi connectivity index (χ1v) is 9.56. The first-order valence-electron chi connectivity index (χ1n) is 8.68. The Labute approximate surface area is 152 Å². The Morgan fingerprint density at radius 3 is 2.56 bits per heavy atom. The summed E-state index contributed by atoms with van der Waals surface area (Å²) in [6.45, 7) is 5.16. The zero-order valence-electron chi connectivity index (χ0n) is 14.3. The van der Waals surface area contributed by atoms with E-state index in [1.54, 1.807) is 17.4 Å². The average Bonchev–Trinajstić information content (AvgIpc) is 3.12. The number of piperazine rings is 1. The number of amides is 1. The van der Waals surface area contributed by atoms with Crippen molar-refractivity contribution in [3.63, 3.8) is 0 Å². The van der Waals surface area contributed by atoms with Gasteiger partial charge in [-0.2, -0.15) is 0 Å². The van der Waals surface area contributed by atoms with Gasteiger partial charge < -0.3 is 5.32 Å². The van der Waals surface area contributed by atoms with Gasteiger partial charge in [0.25, 0.3) is 0 Å². The van der Waals surface area contributed by atoms with E-state index in [1.807, 2.05) is 18.2 Å². The molecule has 0 unspecified atom stereocenters. The second kappa shape index (κ2) is 9.08. The van der Waals surface area contributed by atoms with Gasteiger partial charge in [-0.15, -0.1) is 11.3 Å². The van der Waals surface area contributed by atoms with E-state index in [0.717, 1.165) is 38.2 Å². The molecule has 0 spiro atoms. The van der Waals surface area contributed by atoms with Crippen LogP contribution in [0.25, 0.3) is 0 Å². The molecule has 1 aromatic carbocycles. The van der Waals surface area contributed by atoms with Crippen molar-refractivity contribution in [3.8, 4) is 0 Å². The molecule has 3 rings (SSSR count). The number of nitrogens with one attached hydrogen (secondary N) is 1. The summed E-state index contributed by atoms with van der Waals surface area (Å²) < 4.78 is 13.7. The summed E-state index contributed by atoms with van der Waals surface area (Å²) in [4.78, 5) is 17.7. The maximum absolute atomic E-state index is 13.7. The molecule has 1 amide bonds. The van der Waals surface area contributed by atoms with Crippen LogP contribution < -0.4 is 5.32 Å². The second-order valence-electron chi connectivity index (χ2n) is 6.32. The Balaban J connectivity index is 1.34. The van der Waals surface area contributed by atoms with E-state index in [2.05, 4.69) is 26.6 Å². The maximum Gasteiger partial charge on any atom is 0.234 e. The van der Waals surface area contributed by atoms with Crippen molar-refractivity contribution < 1.29 is 9.18 Å². The predicted molar refractivity (Wildman–Crippen MR) is 99.1 cm³/mol. The van der Waals surface area contributed by atoms with Gasteiger partial charge in [-0.05, 0) is 23.9 Å². The van der Waals surface area contributed by atoms with Crippen LogP contribution in [0.2, 0.25) is 0 Å². The first-order chi connectivity index (χ1) is 12.2. The molecule has 4 nitrogen and oxygen atoms in total. The smallest absolute Gasteiger partial charge is 0.234 e. The number of carbonyl (C=O) groups is 1. The van der Waals surface area contributed by atoms with Crippen molar-refractivity contribution in [3.05, 3.63) is 58.0 Å². The highest BCUT2D eigenvalue weighted by Gasteiger charge is 2.19. The third-order valence-corrected chi connectivity index (χ3v) is 5.39. The lowest BCUT2D eigenvalue weighted by atomic mass is 10.2. The van der Waals surface area contributed by atoms with E-state index in [4.69, 9.17) is 0 Å². The molecular formula is C19H24FN3OS. The van der Waals surface area contributed by atoms with Crippen LogP contribution in [-0.4, -0.2) is 55.0 Å². The maximum atomic E-state index is 13.7. The van der Waals surface area contributed by atoms with Crippen LogP contribution in [0.15, 0.2) is 41.8 Å². The van der Waals surface area contributed by atoms with Crippen molar-refractivity contribution in [2.75, 3.05) is 39.3 Å². The van der Waals surface area contributed by atoms with Crippen LogP contribution in [0.5, 0.6) is 0 Å².